The third kappa shape index (κ3) is 33.2. The van der Waals surface area contributed by atoms with E-state index in [2.05, 4.69) is 31.3 Å². The van der Waals surface area contributed by atoms with Gasteiger partial charge < -0.3 is 45.4 Å². The summed E-state index contributed by atoms with van der Waals surface area (Å²) in [4.78, 5) is 13.1. The highest BCUT2D eigenvalue weighted by Crippen LogP contribution is 2.23. The summed E-state index contributed by atoms with van der Waals surface area (Å²) < 4.78 is 11.1. The van der Waals surface area contributed by atoms with Crippen LogP contribution in [0.2, 0.25) is 0 Å². The molecule has 0 saturated carbocycles. The first-order valence-corrected chi connectivity index (χ1v) is 27.2. The number of ether oxygens (including phenoxy) is 2. The van der Waals surface area contributed by atoms with Crippen molar-refractivity contribution in [1.29, 1.82) is 0 Å². The molecule has 0 aromatic carbocycles. The van der Waals surface area contributed by atoms with Crippen molar-refractivity contribution in [3.8, 4) is 0 Å². The Balaban J connectivity index is 2.19. The smallest absolute Gasteiger partial charge is 0.249 e. The number of amides is 1. The van der Waals surface area contributed by atoms with Crippen LogP contribution in [-0.2, 0) is 14.3 Å². The summed E-state index contributed by atoms with van der Waals surface area (Å²) in [5.74, 6) is -0.623. The first-order valence-electron chi connectivity index (χ1n) is 27.2. The van der Waals surface area contributed by atoms with Crippen LogP contribution in [0.1, 0.15) is 251 Å². The normalized spacial score (nSPS) is 20.7. The second-order valence-electron chi connectivity index (χ2n) is 19.2. The molecule has 1 aliphatic heterocycles. The van der Waals surface area contributed by atoms with Crippen LogP contribution < -0.4 is 5.32 Å². The fourth-order valence-corrected chi connectivity index (χ4v) is 8.71. The Kier molecular flexibility index (Phi) is 41.8. The number of rotatable bonds is 46. The van der Waals surface area contributed by atoms with E-state index in [1.807, 2.05) is 6.08 Å². The number of aliphatic hydroxyl groups excluding tert-OH is 6. The lowest BCUT2D eigenvalue weighted by molar-refractivity contribution is -0.302. The number of hydrogen-bond donors (Lipinski definition) is 7. The average Bonchev–Trinajstić information content (AvgIpc) is 3.29. The highest BCUT2D eigenvalue weighted by molar-refractivity contribution is 5.80. The minimum atomic E-state index is -1.61. The predicted molar refractivity (Wildman–Crippen MR) is 264 cm³/mol. The van der Waals surface area contributed by atoms with Gasteiger partial charge in [0.25, 0.3) is 0 Å². The number of carbonyl (C=O) groups excluding carboxylic acids is 1. The minimum Gasteiger partial charge on any atom is -0.394 e. The molecule has 0 aliphatic carbocycles. The Bertz CT molecular complexity index is 1070. The van der Waals surface area contributed by atoms with E-state index in [9.17, 15) is 35.4 Å². The maximum absolute atomic E-state index is 13.1. The van der Waals surface area contributed by atoms with E-state index in [0.29, 0.717) is 12.8 Å². The van der Waals surface area contributed by atoms with Gasteiger partial charge >= 0.3 is 0 Å². The van der Waals surface area contributed by atoms with Gasteiger partial charge in [0, 0.05) is 0 Å². The molecular weight excluding hydrogens is 807 g/mol. The molecule has 0 spiro atoms. The van der Waals surface area contributed by atoms with Gasteiger partial charge in [-0.25, -0.2) is 0 Å². The van der Waals surface area contributed by atoms with E-state index < -0.39 is 61.5 Å². The molecule has 8 unspecified atom stereocenters. The van der Waals surface area contributed by atoms with Crippen molar-refractivity contribution in [2.75, 3.05) is 13.2 Å². The fourth-order valence-electron chi connectivity index (χ4n) is 8.71. The molecule has 10 nitrogen and oxygen atoms in total. The number of nitrogens with one attached hydrogen (secondary N) is 1. The molecule has 0 bridgehead atoms. The molecule has 1 aliphatic rings. The molecule has 1 rings (SSSR count). The molecule has 1 amide bonds. The molecule has 8 atom stereocenters. The first-order chi connectivity index (χ1) is 31.3. The number of unbranched alkanes of at least 4 members (excludes halogenated alkanes) is 33. The van der Waals surface area contributed by atoms with Gasteiger partial charge in [-0.1, -0.05) is 244 Å². The van der Waals surface area contributed by atoms with Crippen molar-refractivity contribution in [2.45, 2.75) is 300 Å². The van der Waals surface area contributed by atoms with Crippen molar-refractivity contribution >= 4 is 5.91 Å². The van der Waals surface area contributed by atoms with Gasteiger partial charge in [0.15, 0.2) is 6.29 Å². The average molecular weight is 910 g/mol. The van der Waals surface area contributed by atoms with Crippen molar-refractivity contribution in [3.63, 3.8) is 0 Å². The lowest BCUT2D eigenvalue weighted by atomic mass is 9.99. The van der Waals surface area contributed by atoms with Crippen molar-refractivity contribution in [3.05, 3.63) is 24.3 Å². The van der Waals surface area contributed by atoms with E-state index in [0.717, 1.165) is 38.5 Å². The zero-order chi connectivity index (χ0) is 46.7. The molecule has 7 N–H and O–H groups in total. The second-order valence-corrected chi connectivity index (χ2v) is 19.2. The molecule has 0 radical (unpaired) electrons. The quantitative estimate of drug-likeness (QED) is 0.0232. The Labute approximate surface area is 392 Å². The first kappa shape index (κ1) is 60.6. The highest BCUT2D eigenvalue weighted by atomic mass is 16.7. The monoisotopic (exact) mass is 910 g/mol. The molecule has 0 aromatic rings. The summed E-state index contributed by atoms with van der Waals surface area (Å²) in [5, 5.41) is 64.7. The van der Waals surface area contributed by atoms with Gasteiger partial charge in [0.1, 0.15) is 30.5 Å². The largest absolute Gasteiger partial charge is 0.394 e. The van der Waals surface area contributed by atoms with Gasteiger partial charge in [-0.3, -0.25) is 4.79 Å². The van der Waals surface area contributed by atoms with Gasteiger partial charge in [-0.2, -0.15) is 0 Å². The van der Waals surface area contributed by atoms with Crippen LogP contribution in [0.3, 0.4) is 0 Å². The van der Waals surface area contributed by atoms with Crippen LogP contribution in [-0.4, -0.2) is 98.7 Å². The summed E-state index contributed by atoms with van der Waals surface area (Å²) in [6.07, 6.45) is 44.5. The summed E-state index contributed by atoms with van der Waals surface area (Å²) in [5.41, 5.74) is 0. The number of hydrogen-bond acceptors (Lipinski definition) is 9. The summed E-state index contributed by atoms with van der Waals surface area (Å²) >= 11 is 0. The van der Waals surface area contributed by atoms with Crippen molar-refractivity contribution in [2.24, 2.45) is 0 Å². The van der Waals surface area contributed by atoms with Crippen LogP contribution in [0.15, 0.2) is 24.3 Å². The van der Waals surface area contributed by atoms with E-state index in [1.165, 1.54) is 186 Å². The van der Waals surface area contributed by atoms with Crippen molar-refractivity contribution in [1.82, 2.24) is 5.32 Å². The molecule has 378 valence electrons. The maximum atomic E-state index is 13.1. The predicted octanol–water partition coefficient (Wildman–Crippen LogP) is 11.6. The topological polar surface area (TPSA) is 169 Å². The van der Waals surface area contributed by atoms with Crippen LogP contribution >= 0.6 is 0 Å². The number of aliphatic hydroxyl groups is 6. The lowest BCUT2D eigenvalue weighted by Crippen LogP contribution is -2.60. The molecule has 10 heteroatoms. The standard InChI is InChI=1S/C54H103NO9/c1-3-5-7-9-11-13-15-16-17-18-19-20-21-22-23-24-25-26-27-28-29-30-31-33-35-37-39-41-43-48(58)53(62)55-46(45-63-54-52(61)51(60)50(59)49(44-56)64-54)47(57)42-40-38-36-34-32-14-12-10-8-6-4-2/h32,34,40,42,46-52,54,56-61H,3-31,33,35-39,41,43-45H2,1-2H3,(H,55,62)/b34-32+,42-40+. The Morgan fingerprint density at radius 3 is 1.36 bits per heavy atom. The third-order valence-corrected chi connectivity index (χ3v) is 13.1. The zero-order valence-corrected chi connectivity index (χ0v) is 41.4. The number of allylic oxidation sites excluding steroid dienone is 3. The van der Waals surface area contributed by atoms with Gasteiger partial charge in [-0.05, 0) is 32.1 Å². The summed E-state index contributed by atoms with van der Waals surface area (Å²) in [6.45, 7) is 3.58. The Hall–Kier alpha value is -1.37. The molecule has 0 aromatic heterocycles. The lowest BCUT2D eigenvalue weighted by Gasteiger charge is -2.40. The van der Waals surface area contributed by atoms with Crippen LogP contribution in [0.5, 0.6) is 0 Å². The molecule has 1 fully saturated rings. The third-order valence-electron chi connectivity index (χ3n) is 13.1. The van der Waals surface area contributed by atoms with Gasteiger partial charge in [0.2, 0.25) is 5.91 Å². The van der Waals surface area contributed by atoms with Gasteiger partial charge in [0.05, 0.1) is 25.4 Å². The van der Waals surface area contributed by atoms with E-state index in [4.69, 9.17) is 9.47 Å². The van der Waals surface area contributed by atoms with Crippen LogP contribution in [0.25, 0.3) is 0 Å². The van der Waals surface area contributed by atoms with E-state index in [1.54, 1.807) is 6.08 Å². The second kappa shape index (κ2) is 44.2. The minimum absolute atomic E-state index is 0.308. The molecule has 64 heavy (non-hydrogen) atoms. The zero-order valence-electron chi connectivity index (χ0n) is 41.4. The maximum Gasteiger partial charge on any atom is 0.249 e. The fraction of sp³-hybridized carbons (Fsp3) is 0.907. The van der Waals surface area contributed by atoms with Crippen LogP contribution in [0, 0.1) is 0 Å². The summed E-state index contributed by atoms with van der Waals surface area (Å²) in [6, 6.07) is -0.993. The Morgan fingerprint density at radius 2 is 0.922 bits per heavy atom. The molecule has 1 saturated heterocycles. The number of carbonyl (C=O) groups is 1. The molecular formula is C54H103NO9. The SMILES string of the molecule is CCCCCCC/C=C/CC/C=C/C(O)C(COC1OC(CO)C(O)C(O)C1O)NC(=O)C(O)CCCCCCCCCCCCCCCCCCCCCCCCCCCCCC. The van der Waals surface area contributed by atoms with Crippen LogP contribution in [0.4, 0.5) is 0 Å². The molecule has 1 heterocycles. The van der Waals surface area contributed by atoms with Crippen molar-refractivity contribution < 1.29 is 44.9 Å². The summed E-state index contributed by atoms with van der Waals surface area (Å²) in [7, 11) is 0. The van der Waals surface area contributed by atoms with E-state index in [-0.39, 0.29) is 6.61 Å². The Morgan fingerprint density at radius 1 is 0.531 bits per heavy atom. The highest BCUT2D eigenvalue weighted by Gasteiger charge is 2.44. The van der Waals surface area contributed by atoms with E-state index >= 15 is 0 Å². The van der Waals surface area contributed by atoms with Gasteiger partial charge in [-0.15, -0.1) is 0 Å².